The first kappa shape index (κ1) is 23.1. The number of nitrogens with one attached hydrogen (secondary N) is 1. The zero-order valence-corrected chi connectivity index (χ0v) is 19.7. The maximum atomic E-state index is 11.7. The molecule has 166 valence electrons. The second kappa shape index (κ2) is 10.1. The molecule has 0 aliphatic rings. The molecule has 1 N–H and O–H groups in total. The Bertz CT molecular complexity index is 993. The van der Waals surface area contributed by atoms with Crippen LogP contribution in [0.4, 0.5) is 0 Å². The van der Waals surface area contributed by atoms with Crippen LogP contribution in [0, 0.1) is 5.92 Å². The molecule has 0 saturated heterocycles. The summed E-state index contributed by atoms with van der Waals surface area (Å²) < 4.78 is 2.36. The second-order valence-corrected chi connectivity index (χ2v) is 9.81. The molecule has 0 unspecified atom stereocenters. The van der Waals surface area contributed by atoms with Crippen LogP contribution in [0.1, 0.15) is 70.8 Å². The van der Waals surface area contributed by atoms with Gasteiger partial charge in [-0.05, 0) is 41.5 Å². The average Bonchev–Trinajstić information content (AvgIpc) is 3.07. The third-order valence-corrected chi connectivity index (χ3v) is 5.80. The molecule has 31 heavy (non-hydrogen) atoms. The third-order valence-electron chi connectivity index (χ3n) is 5.80. The number of amides is 1. The highest BCUT2D eigenvalue weighted by atomic mass is 16.1. The van der Waals surface area contributed by atoms with Crippen molar-refractivity contribution >= 4 is 16.9 Å². The summed E-state index contributed by atoms with van der Waals surface area (Å²) in [5, 5.41) is 3.00. The van der Waals surface area contributed by atoms with Crippen LogP contribution < -0.4 is 5.32 Å². The number of aromatic nitrogens is 2. The van der Waals surface area contributed by atoms with E-state index in [9.17, 15) is 4.79 Å². The van der Waals surface area contributed by atoms with Gasteiger partial charge in [-0.1, -0.05) is 77.4 Å². The van der Waals surface area contributed by atoms with Crippen molar-refractivity contribution in [2.75, 3.05) is 6.54 Å². The molecule has 3 rings (SSSR count). The van der Waals surface area contributed by atoms with Crippen molar-refractivity contribution in [3.05, 3.63) is 65.5 Å². The van der Waals surface area contributed by atoms with Crippen LogP contribution in [0.3, 0.4) is 0 Å². The van der Waals surface area contributed by atoms with Crippen molar-refractivity contribution in [2.24, 2.45) is 5.92 Å². The van der Waals surface area contributed by atoms with Gasteiger partial charge in [0.15, 0.2) is 0 Å². The Labute approximate surface area is 187 Å². The molecule has 0 atom stereocenters. The summed E-state index contributed by atoms with van der Waals surface area (Å²) in [6.07, 6.45) is 4.12. The predicted molar refractivity (Wildman–Crippen MR) is 129 cm³/mol. The monoisotopic (exact) mass is 419 g/mol. The standard InChI is InChI=1S/C27H37N3O/c1-20(2)26(31)28-18-10-6-7-13-25-29-23-11-8-9-12-24(23)30(25)19-21-14-16-22(17-15-21)27(3,4)5/h8-9,11-12,14-17,20H,6-7,10,13,18-19H2,1-5H3,(H,28,31). The van der Waals surface area contributed by atoms with E-state index < -0.39 is 0 Å². The number of imidazole rings is 1. The number of hydrogen-bond acceptors (Lipinski definition) is 2. The fraction of sp³-hybridized carbons (Fsp3) is 0.481. The van der Waals surface area contributed by atoms with Crippen LogP contribution >= 0.6 is 0 Å². The number of hydrogen-bond donors (Lipinski definition) is 1. The van der Waals surface area contributed by atoms with Gasteiger partial charge in [0, 0.05) is 25.4 Å². The summed E-state index contributed by atoms with van der Waals surface area (Å²) in [5.74, 6) is 1.34. The highest BCUT2D eigenvalue weighted by molar-refractivity contribution is 5.77. The van der Waals surface area contributed by atoms with Gasteiger partial charge in [0.05, 0.1) is 11.0 Å². The number of carbonyl (C=O) groups excluding carboxylic acids is 1. The van der Waals surface area contributed by atoms with Crippen LogP contribution in [0.15, 0.2) is 48.5 Å². The number of aryl methyl sites for hydroxylation is 1. The molecule has 0 saturated carbocycles. The molecule has 4 nitrogen and oxygen atoms in total. The maximum Gasteiger partial charge on any atom is 0.222 e. The SMILES string of the molecule is CC(C)C(=O)NCCCCCc1nc2ccccc2n1Cc1ccc(C(C)(C)C)cc1. The topological polar surface area (TPSA) is 46.9 Å². The molecule has 3 aromatic rings. The van der Waals surface area contributed by atoms with E-state index in [0.29, 0.717) is 0 Å². The van der Waals surface area contributed by atoms with Crippen LogP contribution in [-0.4, -0.2) is 22.0 Å². The molecule has 0 radical (unpaired) electrons. The molecule has 1 heterocycles. The highest BCUT2D eigenvalue weighted by Gasteiger charge is 2.14. The van der Waals surface area contributed by atoms with E-state index in [4.69, 9.17) is 4.98 Å². The third kappa shape index (κ3) is 6.19. The summed E-state index contributed by atoms with van der Waals surface area (Å²) in [6.45, 7) is 12.2. The predicted octanol–water partition coefficient (Wildman–Crippen LogP) is 5.87. The van der Waals surface area contributed by atoms with Crippen molar-refractivity contribution in [1.29, 1.82) is 0 Å². The van der Waals surface area contributed by atoms with Crippen LogP contribution in [0.2, 0.25) is 0 Å². The largest absolute Gasteiger partial charge is 0.356 e. The Morgan fingerprint density at radius 1 is 1.00 bits per heavy atom. The van der Waals surface area contributed by atoms with Crippen molar-refractivity contribution in [1.82, 2.24) is 14.9 Å². The summed E-state index contributed by atoms with van der Waals surface area (Å²) >= 11 is 0. The molecule has 0 aliphatic carbocycles. The number of carbonyl (C=O) groups is 1. The Morgan fingerprint density at radius 3 is 2.39 bits per heavy atom. The van der Waals surface area contributed by atoms with E-state index in [1.807, 2.05) is 13.8 Å². The van der Waals surface area contributed by atoms with E-state index in [1.54, 1.807) is 0 Å². The van der Waals surface area contributed by atoms with E-state index in [2.05, 4.69) is 79.2 Å². The van der Waals surface area contributed by atoms with Crippen LogP contribution in [0.5, 0.6) is 0 Å². The quantitative estimate of drug-likeness (QED) is 0.441. The number of benzene rings is 2. The van der Waals surface area contributed by atoms with Crippen molar-refractivity contribution in [2.45, 2.75) is 72.3 Å². The van der Waals surface area contributed by atoms with Gasteiger partial charge in [-0.3, -0.25) is 4.79 Å². The molecule has 0 bridgehead atoms. The van der Waals surface area contributed by atoms with Crippen molar-refractivity contribution in [3.8, 4) is 0 Å². The Morgan fingerprint density at radius 2 is 1.71 bits per heavy atom. The van der Waals surface area contributed by atoms with E-state index in [1.165, 1.54) is 16.6 Å². The minimum absolute atomic E-state index is 0.0531. The minimum atomic E-state index is 0.0531. The lowest BCUT2D eigenvalue weighted by atomic mass is 9.87. The fourth-order valence-electron chi connectivity index (χ4n) is 3.79. The van der Waals surface area contributed by atoms with E-state index in [0.717, 1.165) is 50.1 Å². The number of fused-ring (bicyclic) bond motifs is 1. The smallest absolute Gasteiger partial charge is 0.222 e. The lowest BCUT2D eigenvalue weighted by molar-refractivity contribution is -0.123. The molecule has 4 heteroatoms. The summed E-state index contributed by atoms with van der Waals surface area (Å²) in [7, 11) is 0. The van der Waals surface area contributed by atoms with Gasteiger partial charge < -0.3 is 9.88 Å². The van der Waals surface area contributed by atoms with Gasteiger partial charge in [-0.2, -0.15) is 0 Å². The zero-order chi connectivity index (χ0) is 22.4. The van der Waals surface area contributed by atoms with Gasteiger partial charge in [-0.15, -0.1) is 0 Å². The highest BCUT2D eigenvalue weighted by Crippen LogP contribution is 2.24. The van der Waals surface area contributed by atoms with Gasteiger partial charge >= 0.3 is 0 Å². The number of nitrogens with zero attached hydrogens (tertiary/aromatic N) is 2. The maximum absolute atomic E-state index is 11.7. The molecule has 2 aromatic carbocycles. The lowest BCUT2D eigenvalue weighted by Gasteiger charge is -2.19. The number of rotatable bonds is 9. The molecule has 0 spiro atoms. The minimum Gasteiger partial charge on any atom is -0.356 e. The molecule has 0 aliphatic heterocycles. The molecular formula is C27H37N3O. The average molecular weight is 420 g/mol. The fourth-order valence-corrected chi connectivity index (χ4v) is 3.79. The van der Waals surface area contributed by atoms with Crippen LogP contribution in [-0.2, 0) is 23.2 Å². The van der Waals surface area contributed by atoms with Crippen molar-refractivity contribution in [3.63, 3.8) is 0 Å². The summed E-state index contributed by atoms with van der Waals surface area (Å²) in [5.41, 5.74) is 5.08. The number of unbranched alkanes of at least 4 members (excludes halogenated alkanes) is 2. The Balaban J connectivity index is 1.65. The summed E-state index contributed by atoms with van der Waals surface area (Å²) in [4.78, 5) is 16.6. The first-order chi connectivity index (χ1) is 14.8. The van der Waals surface area contributed by atoms with Gasteiger partial charge in [0.25, 0.3) is 0 Å². The second-order valence-electron chi connectivity index (χ2n) is 9.81. The first-order valence-corrected chi connectivity index (χ1v) is 11.6. The molecular weight excluding hydrogens is 382 g/mol. The summed E-state index contributed by atoms with van der Waals surface area (Å²) in [6, 6.07) is 17.4. The first-order valence-electron chi connectivity index (χ1n) is 11.6. The Hall–Kier alpha value is -2.62. The van der Waals surface area contributed by atoms with Gasteiger partial charge in [-0.25, -0.2) is 4.98 Å². The van der Waals surface area contributed by atoms with E-state index >= 15 is 0 Å². The zero-order valence-electron chi connectivity index (χ0n) is 19.7. The normalized spacial score (nSPS) is 11.9. The number of para-hydroxylation sites is 2. The van der Waals surface area contributed by atoms with E-state index in [-0.39, 0.29) is 17.2 Å². The lowest BCUT2D eigenvalue weighted by Crippen LogP contribution is -2.28. The molecule has 1 aromatic heterocycles. The van der Waals surface area contributed by atoms with Crippen molar-refractivity contribution < 1.29 is 4.79 Å². The van der Waals surface area contributed by atoms with Gasteiger partial charge in [0.2, 0.25) is 5.91 Å². The van der Waals surface area contributed by atoms with Crippen LogP contribution in [0.25, 0.3) is 11.0 Å². The molecule has 0 fully saturated rings. The molecule has 1 amide bonds. The Kier molecular flexibility index (Phi) is 7.53. The van der Waals surface area contributed by atoms with Gasteiger partial charge in [0.1, 0.15) is 5.82 Å².